The van der Waals surface area contributed by atoms with Crippen LogP contribution in [-0.4, -0.2) is 34.2 Å². The molecule has 0 heterocycles. The van der Waals surface area contributed by atoms with E-state index in [-0.39, 0.29) is 24.5 Å². The maximum atomic E-state index is 12.3. The van der Waals surface area contributed by atoms with Crippen molar-refractivity contribution in [2.75, 3.05) is 7.11 Å². The van der Waals surface area contributed by atoms with Gasteiger partial charge in [0.25, 0.3) is 0 Å². The Morgan fingerprint density at radius 1 is 1.26 bits per heavy atom. The van der Waals surface area contributed by atoms with Crippen LogP contribution >= 0.6 is 0 Å². The summed E-state index contributed by atoms with van der Waals surface area (Å²) in [5, 5.41) is 0. The second kappa shape index (κ2) is 9.15. The van der Waals surface area contributed by atoms with Gasteiger partial charge < -0.3 is 9.47 Å². The molecule has 0 amide bonds. The first-order valence-corrected chi connectivity index (χ1v) is 8.79. The first kappa shape index (κ1) is 19.8. The van der Waals surface area contributed by atoms with Crippen LogP contribution in [-0.2, 0) is 31.9 Å². The van der Waals surface area contributed by atoms with Crippen LogP contribution in [0.5, 0.6) is 0 Å². The molecular formula is C17H27NO4S. The molecule has 0 radical (unpaired) electrons. The highest BCUT2D eigenvalue weighted by Crippen LogP contribution is 2.14. The lowest BCUT2D eigenvalue weighted by Crippen LogP contribution is -2.46. The highest BCUT2D eigenvalue weighted by molar-refractivity contribution is 7.84. The van der Waals surface area contributed by atoms with E-state index in [1.807, 2.05) is 58.0 Å². The van der Waals surface area contributed by atoms with Crippen molar-refractivity contribution in [1.29, 1.82) is 0 Å². The van der Waals surface area contributed by atoms with E-state index in [0.717, 1.165) is 5.56 Å². The van der Waals surface area contributed by atoms with Gasteiger partial charge in [0.1, 0.15) is 0 Å². The third-order valence-corrected chi connectivity index (χ3v) is 4.98. The zero-order chi connectivity index (χ0) is 17.5. The number of rotatable bonds is 8. The van der Waals surface area contributed by atoms with Gasteiger partial charge in [0.2, 0.25) is 0 Å². The summed E-state index contributed by atoms with van der Waals surface area (Å²) < 4.78 is 25.5. The summed E-state index contributed by atoms with van der Waals surface area (Å²) in [6.07, 6.45) is -0.186. The van der Waals surface area contributed by atoms with E-state index in [1.54, 1.807) is 0 Å². The number of carbonyl (C=O) groups is 1. The SMILES string of the molecule is COC(=O)C[C@H](N[S@@](=O)C(C)(C)C)[C@H](C)OCc1ccccc1. The van der Waals surface area contributed by atoms with Gasteiger partial charge in [0, 0.05) is 0 Å². The molecule has 23 heavy (non-hydrogen) atoms. The van der Waals surface area contributed by atoms with Crippen LogP contribution in [0.4, 0.5) is 0 Å². The molecule has 1 aromatic rings. The monoisotopic (exact) mass is 341 g/mol. The topological polar surface area (TPSA) is 64.6 Å². The van der Waals surface area contributed by atoms with E-state index in [0.29, 0.717) is 6.61 Å². The number of benzene rings is 1. The molecule has 5 nitrogen and oxygen atoms in total. The fraction of sp³-hybridized carbons (Fsp3) is 0.588. The van der Waals surface area contributed by atoms with Crippen molar-refractivity contribution >= 4 is 17.0 Å². The Balaban J connectivity index is 2.69. The Labute approximate surface area is 141 Å². The van der Waals surface area contributed by atoms with E-state index < -0.39 is 15.7 Å². The van der Waals surface area contributed by atoms with Crippen LogP contribution in [0.25, 0.3) is 0 Å². The molecule has 1 N–H and O–H groups in total. The molecule has 0 fully saturated rings. The highest BCUT2D eigenvalue weighted by atomic mass is 32.2. The van der Waals surface area contributed by atoms with Gasteiger partial charge in [0.15, 0.2) is 0 Å². The number of methoxy groups -OCH3 is 1. The number of nitrogens with one attached hydrogen (secondary N) is 1. The van der Waals surface area contributed by atoms with Gasteiger partial charge in [-0.1, -0.05) is 30.3 Å². The maximum Gasteiger partial charge on any atom is 0.307 e. The molecular weight excluding hydrogens is 314 g/mol. The molecule has 0 aliphatic rings. The molecule has 3 atom stereocenters. The minimum absolute atomic E-state index is 0.105. The summed E-state index contributed by atoms with van der Waals surface area (Å²) in [7, 11) is 0.0506. The van der Waals surface area contributed by atoms with Crippen LogP contribution < -0.4 is 4.72 Å². The van der Waals surface area contributed by atoms with Crippen LogP contribution in [0.1, 0.15) is 39.7 Å². The molecule has 0 aromatic heterocycles. The number of ether oxygens (including phenoxy) is 2. The van der Waals surface area contributed by atoms with Gasteiger partial charge in [-0.25, -0.2) is 8.93 Å². The van der Waals surface area contributed by atoms with Gasteiger partial charge in [0.05, 0.1) is 48.0 Å². The smallest absolute Gasteiger partial charge is 0.307 e. The van der Waals surface area contributed by atoms with Crippen LogP contribution in [0.2, 0.25) is 0 Å². The standard InChI is InChI=1S/C17H27NO4S/c1-13(22-12-14-9-7-6-8-10-14)15(11-16(19)21-5)18-23(20)17(2,3)4/h6-10,13,15,18H,11-12H2,1-5H3/t13-,15-,23-/m0/s1. The fourth-order valence-corrected chi connectivity index (χ4v) is 2.70. The molecule has 0 unspecified atom stereocenters. The summed E-state index contributed by atoms with van der Waals surface area (Å²) >= 11 is 0. The minimum Gasteiger partial charge on any atom is -0.469 e. The van der Waals surface area contributed by atoms with Crippen LogP contribution in [0, 0.1) is 0 Å². The molecule has 0 bridgehead atoms. The van der Waals surface area contributed by atoms with Gasteiger partial charge in [-0.3, -0.25) is 4.79 Å². The van der Waals surface area contributed by atoms with Gasteiger partial charge in [-0.15, -0.1) is 0 Å². The Morgan fingerprint density at radius 2 is 1.87 bits per heavy atom. The number of carbonyl (C=O) groups excluding carboxylic acids is 1. The van der Waals surface area contributed by atoms with Crippen molar-refractivity contribution in [3.05, 3.63) is 35.9 Å². The Hall–Kier alpha value is -1.24. The van der Waals surface area contributed by atoms with Gasteiger partial charge in [-0.05, 0) is 33.3 Å². The lowest BCUT2D eigenvalue weighted by molar-refractivity contribution is -0.142. The lowest BCUT2D eigenvalue weighted by Gasteiger charge is -2.28. The molecule has 0 saturated heterocycles. The molecule has 0 aliphatic heterocycles. The number of hydrogen-bond acceptors (Lipinski definition) is 4. The van der Waals surface area contributed by atoms with Crippen LogP contribution in [0.15, 0.2) is 30.3 Å². The first-order valence-electron chi connectivity index (χ1n) is 7.64. The predicted octanol–water partition coefficient (Wildman–Crippen LogP) is 2.58. The third-order valence-electron chi connectivity index (χ3n) is 3.35. The Morgan fingerprint density at radius 3 is 2.39 bits per heavy atom. The average molecular weight is 341 g/mol. The van der Waals surface area contributed by atoms with E-state index in [9.17, 15) is 9.00 Å². The summed E-state index contributed by atoms with van der Waals surface area (Å²) in [6, 6.07) is 9.41. The van der Waals surface area contributed by atoms with Gasteiger partial charge in [-0.2, -0.15) is 0 Å². The first-order chi connectivity index (χ1) is 10.7. The molecule has 0 aliphatic carbocycles. The van der Waals surface area contributed by atoms with E-state index in [1.165, 1.54) is 7.11 Å². The molecule has 1 aromatic carbocycles. The molecule has 0 spiro atoms. The van der Waals surface area contributed by atoms with Crippen molar-refractivity contribution in [2.45, 2.75) is 57.6 Å². The highest BCUT2D eigenvalue weighted by Gasteiger charge is 2.28. The quantitative estimate of drug-likeness (QED) is 0.738. The Kier molecular flexibility index (Phi) is 7.88. The second-order valence-electron chi connectivity index (χ2n) is 6.39. The van der Waals surface area contributed by atoms with Crippen molar-refractivity contribution in [3.8, 4) is 0 Å². The van der Waals surface area contributed by atoms with Crippen LogP contribution in [0.3, 0.4) is 0 Å². The molecule has 6 heteroatoms. The largest absolute Gasteiger partial charge is 0.469 e. The minimum atomic E-state index is -1.29. The van der Waals surface area contributed by atoms with E-state index in [2.05, 4.69) is 4.72 Å². The summed E-state index contributed by atoms with van der Waals surface area (Å²) in [5.41, 5.74) is 1.05. The summed E-state index contributed by atoms with van der Waals surface area (Å²) in [4.78, 5) is 11.6. The maximum absolute atomic E-state index is 12.3. The normalized spacial score (nSPS) is 15.7. The fourth-order valence-electron chi connectivity index (χ4n) is 1.80. The van der Waals surface area contributed by atoms with Crippen molar-refractivity contribution in [1.82, 2.24) is 4.72 Å². The van der Waals surface area contributed by atoms with Gasteiger partial charge >= 0.3 is 5.97 Å². The summed E-state index contributed by atoms with van der Waals surface area (Å²) in [5.74, 6) is -0.358. The average Bonchev–Trinajstić information content (AvgIpc) is 2.51. The van der Waals surface area contributed by atoms with Crippen molar-refractivity contribution in [2.24, 2.45) is 0 Å². The molecule has 130 valence electrons. The zero-order valence-corrected chi connectivity index (χ0v) is 15.3. The van der Waals surface area contributed by atoms with E-state index >= 15 is 0 Å². The molecule has 1 rings (SSSR count). The third kappa shape index (κ3) is 7.24. The van der Waals surface area contributed by atoms with Crippen molar-refractivity contribution in [3.63, 3.8) is 0 Å². The lowest BCUT2D eigenvalue weighted by atomic mass is 10.1. The van der Waals surface area contributed by atoms with E-state index in [4.69, 9.17) is 9.47 Å². The number of esters is 1. The molecule has 0 saturated carbocycles. The summed E-state index contributed by atoms with van der Waals surface area (Å²) in [6.45, 7) is 7.93. The number of hydrogen-bond donors (Lipinski definition) is 1. The van der Waals surface area contributed by atoms with Crippen molar-refractivity contribution < 1.29 is 18.5 Å². The second-order valence-corrected chi connectivity index (χ2v) is 8.39. The Bertz CT molecular complexity index is 513. The predicted molar refractivity (Wildman–Crippen MR) is 92.1 cm³/mol. The zero-order valence-electron chi connectivity index (χ0n) is 14.5.